The Labute approximate surface area is 120 Å². The first-order valence-electron chi connectivity index (χ1n) is 7.60. The van der Waals surface area contributed by atoms with Crippen molar-refractivity contribution in [1.29, 1.82) is 0 Å². The van der Waals surface area contributed by atoms with E-state index in [9.17, 15) is 5.11 Å². The van der Waals surface area contributed by atoms with Gasteiger partial charge in [0.15, 0.2) is 11.5 Å². The maximum absolute atomic E-state index is 10.2. The number of phenols is 1. The summed E-state index contributed by atoms with van der Waals surface area (Å²) in [4.78, 5) is 2.51. The molecule has 20 heavy (non-hydrogen) atoms. The Balaban J connectivity index is 1.69. The van der Waals surface area contributed by atoms with Crippen molar-refractivity contribution in [2.75, 3.05) is 20.2 Å². The lowest BCUT2D eigenvalue weighted by molar-refractivity contribution is 0.227. The zero-order valence-electron chi connectivity index (χ0n) is 12.1. The van der Waals surface area contributed by atoms with Crippen LogP contribution in [0, 0.1) is 0 Å². The van der Waals surface area contributed by atoms with Crippen LogP contribution in [0.25, 0.3) is 0 Å². The summed E-state index contributed by atoms with van der Waals surface area (Å²) < 4.78 is 5.20. The molecule has 0 amide bonds. The maximum atomic E-state index is 10.2. The summed E-state index contributed by atoms with van der Waals surface area (Å²) in [6, 6.07) is 7.06. The molecule has 1 heterocycles. The molecule has 1 aromatic carbocycles. The summed E-state index contributed by atoms with van der Waals surface area (Å²) in [6.45, 7) is 3.04. The van der Waals surface area contributed by atoms with Crippen molar-refractivity contribution < 1.29 is 9.84 Å². The number of para-hydroxylation sites is 1. The molecule has 110 valence electrons. The Bertz CT molecular complexity index is 454. The first-order valence-corrected chi connectivity index (χ1v) is 7.60. The van der Waals surface area contributed by atoms with E-state index >= 15 is 0 Å². The van der Waals surface area contributed by atoms with Crippen LogP contribution in [-0.2, 0) is 6.54 Å². The molecule has 1 aliphatic heterocycles. The fraction of sp³-hybridized carbons (Fsp3) is 0.625. The van der Waals surface area contributed by atoms with Gasteiger partial charge < -0.3 is 15.2 Å². The van der Waals surface area contributed by atoms with Gasteiger partial charge in [0.2, 0.25) is 0 Å². The van der Waals surface area contributed by atoms with Gasteiger partial charge >= 0.3 is 0 Å². The SMILES string of the molecule is COc1cccc(CN(CC2CCCN2)C2CC2)c1O. The minimum absolute atomic E-state index is 0.292. The molecule has 4 nitrogen and oxygen atoms in total. The molecule has 0 bridgehead atoms. The van der Waals surface area contributed by atoms with Gasteiger partial charge in [-0.2, -0.15) is 0 Å². The molecule has 0 aromatic heterocycles. The molecular weight excluding hydrogens is 252 g/mol. The fourth-order valence-corrected chi connectivity index (χ4v) is 3.06. The molecule has 0 spiro atoms. The van der Waals surface area contributed by atoms with E-state index in [2.05, 4.69) is 10.2 Å². The number of rotatable bonds is 6. The second kappa shape index (κ2) is 6.02. The van der Waals surface area contributed by atoms with E-state index in [0.717, 1.165) is 25.2 Å². The highest BCUT2D eigenvalue weighted by Crippen LogP contribution is 2.34. The summed E-state index contributed by atoms with van der Waals surface area (Å²) in [5, 5.41) is 13.8. The van der Waals surface area contributed by atoms with Crippen LogP contribution in [0.15, 0.2) is 18.2 Å². The third-order valence-electron chi connectivity index (χ3n) is 4.36. The summed E-state index contributed by atoms with van der Waals surface area (Å²) >= 11 is 0. The molecule has 1 aliphatic carbocycles. The molecular formula is C16H24N2O2. The number of methoxy groups -OCH3 is 1. The van der Waals surface area contributed by atoms with Gasteiger partial charge in [0.05, 0.1) is 7.11 Å². The van der Waals surface area contributed by atoms with E-state index in [1.165, 1.54) is 25.7 Å². The van der Waals surface area contributed by atoms with Crippen LogP contribution >= 0.6 is 0 Å². The van der Waals surface area contributed by atoms with E-state index in [1.807, 2.05) is 12.1 Å². The Morgan fingerprint density at radius 1 is 1.35 bits per heavy atom. The van der Waals surface area contributed by atoms with Gasteiger partial charge in [-0.1, -0.05) is 12.1 Å². The third kappa shape index (κ3) is 3.07. The second-order valence-electron chi connectivity index (χ2n) is 5.92. The summed E-state index contributed by atoms with van der Waals surface area (Å²) in [5.74, 6) is 0.859. The highest BCUT2D eigenvalue weighted by atomic mass is 16.5. The van der Waals surface area contributed by atoms with Crippen LogP contribution in [-0.4, -0.2) is 42.3 Å². The zero-order chi connectivity index (χ0) is 13.9. The minimum atomic E-state index is 0.292. The normalized spacial score (nSPS) is 22.4. The lowest BCUT2D eigenvalue weighted by Crippen LogP contribution is -2.38. The molecule has 1 saturated heterocycles. The van der Waals surface area contributed by atoms with Gasteiger partial charge in [0.1, 0.15) is 0 Å². The fourth-order valence-electron chi connectivity index (χ4n) is 3.06. The predicted octanol–water partition coefficient (Wildman–Crippen LogP) is 2.12. The van der Waals surface area contributed by atoms with E-state index in [-0.39, 0.29) is 0 Å². The number of nitrogens with one attached hydrogen (secondary N) is 1. The zero-order valence-corrected chi connectivity index (χ0v) is 12.1. The average molecular weight is 276 g/mol. The average Bonchev–Trinajstić information content (AvgIpc) is 3.18. The van der Waals surface area contributed by atoms with Gasteiger partial charge in [-0.25, -0.2) is 0 Å². The molecule has 3 rings (SSSR count). The van der Waals surface area contributed by atoms with Crippen LogP contribution in [0.5, 0.6) is 11.5 Å². The lowest BCUT2D eigenvalue weighted by Gasteiger charge is -2.26. The van der Waals surface area contributed by atoms with Gasteiger partial charge in [0.25, 0.3) is 0 Å². The first kappa shape index (κ1) is 13.7. The smallest absolute Gasteiger partial charge is 0.162 e. The monoisotopic (exact) mass is 276 g/mol. The van der Waals surface area contributed by atoms with E-state index in [1.54, 1.807) is 13.2 Å². The molecule has 4 heteroatoms. The number of phenolic OH excluding ortho intramolecular Hbond substituents is 1. The van der Waals surface area contributed by atoms with Crippen LogP contribution in [0.4, 0.5) is 0 Å². The second-order valence-corrected chi connectivity index (χ2v) is 5.92. The van der Waals surface area contributed by atoms with E-state index in [4.69, 9.17) is 4.74 Å². The topological polar surface area (TPSA) is 44.7 Å². The molecule has 2 N–H and O–H groups in total. The Morgan fingerprint density at radius 2 is 2.20 bits per heavy atom. The standard InChI is InChI=1S/C16H24N2O2/c1-20-15-6-2-4-12(16(15)19)10-18(14-7-8-14)11-13-5-3-9-17-13/h2,4,6,13-14,17,19H,3,5,7-11H2,1H3. The van der Waals surface area contributed by atoms with Gasteiger partial charge in [-0.15, -0.1) is 0 Å². The molecule has 1 aromatic rings. The number of nitrogens with zero attached hydrogens (tertiary/aromatic N) is 1. The predicted molar refractivity (Wildman–Crippen MR) is 79.1 cm³/mol. The molecule has 1 atom stereocenters. The number of benzene rings is 1. The largest absolute Gasteiger partial charge is 0.504 e. The van der Waals surface area contributed by atoms with Crippen LogP contribution in [0.3, 0.4) is 0 Å². The summed E-state index contributed by atoms with van der Waals surface area (Å²) in [6.07, 6.45) is 5.13. The Hall–Kier alpha value is -1.26. The maximum Gasteiger partial charge on any atom is 0.162 e. The van der Waals surface area contributed by atoms with Crippen LogP contribution < -0.4 is 10.1 Å². The first-order chi connectivity index (χ1) is 9.78. The summed E-state index contributed by atoms with van der Waals surface area (Å²) in [7, 11) is 1.60. The van der Waals surface area contributed by atoms with Crippen molar-refractivity contribution in [2.24, 2.45) is 0 Å². The molecule has 0 radical (unpaired) electrons. The highest BCUT2D eigenvalue weighted by molar-refractivity contribution is 5.45. The van der Waals surface area contributed by atoms with Crippen LogP contribution in [0.2, 0.25) is 0 Å². The van der Waals surface area contributed by atoms with Crippen molar-refractivity contribution in [2.45, 2.75) is 44.3 Å². The number of hydrogen-bond donors (Lipinski definition) is 2. The highest BCUT2D eigenvalue weighted by Gasteiger charge is 2.31. The summed E-state index contributed by atoms with van der Waals surface area (Å²) in [5.41, 5.74) is 0.967. The van der Waals surface area contributed by atoms with E-state index < -0.39 is 0 Å². The number of aromatic hydroxyl groups is 1. The van der Waals surface area contributed by atoms with Crippen molar-refractivity contribution in [3.8, 4) is 11.5 Å². The van der Waals surface area contributed by atoms with Crippen molar-refractivity contribution >= 4 is 0 Å². The molecule has 1 saturated carbocycles. The van der Waals surface area contributed by atoms with Gasteiger partial charge in [-0.05, 0) is 38.3 Å². The van der Waals surface area contributed by atoms with E-state index in [0.29, 0.717) is 23.6 Å². The van der Waals surface area contributed by atoms with Crippen LogP contribution in [0.1, 0.15) is 31.2 Å². The molecule has 2 aliphatic rings. The lowest BCUT2D eigenvalue weighted by atomic mass is 10.1. The number of ether oxygens (including phenoxy) is 1. The minimum Gasteiger partial charge on any atom is -0.504 e. The van der Waals surface area contributed by atoms with Crippen molar-refractivity contribution in [3.05, 3.63) is 23.8 Å². The van der Waals surface area contributed by atoms with Crippen molar-refractivity contribution in [1.82, 2.24) is 10.2 Å². The molecule has 2 fully saturated rings. The Morgan fingerprint density at radius 3 is 2.85 bits per heavy atom. The van der Waals surface area contributed by atoms with Gasteiger partial charge in [-0.3, -0.25) is 4.90 Å². The quantitative estimate of drug-likeness (QED) is 0.835. The van der Waals surface area contributed by atoms with Gasteiger partial charge in [0, 0.05) is 30.7 Å². The molecule has 1 unspecified atom stereocenters. The van der Waals surface area contributed by atoms with Crippen molar-refractivity contribution in [3.63, 3.8) is 0 Å². The third-order valence-corrected chi connectivity index (χ3v) is 4.36. The Kier molecular flexibility index (Phi) is 4.13. The number of hydrogen-bond acceptors (Lipinski definition) is 4.